The fraction of sp³-hybridized carbons (Fsp3) is 0.538. The molecule has 1 atom stereocenters. The first kappa shape index (κ1) is 14.4. The fourth-order valence-corrected chi connectivity index (χ4v) is 2.51. The number of aromatic nitrogens is 1. The van der Waals surface area contributed by atoms with Gasteiger partial charge in [-0.3, -0.25) is 9.69 Å². The number of nitrogens with zero attached hydrogens (tertiary/aromatic N) is 2. The van der Waals surface area contributed by atoms with Gasteiger partial charge in [-0.2, -0.15) is 0 Å². The normalized spacial score (nSPS) is 20.2. The number of carbonyl (C=O) groups excluding carboxylic acids is 1. The van der Waals surface area contributed by atoms with Crippen LogP contribution in [-0.2, 0) is 4.79 Å². The molecule has 1 unspecified atom stereocenters. The summed E-state index contributed by atoms with van der Waals surface area (Å²) in [6.07, 6.45) is 3.73. The van der Waals surface area contributed by atoms with Crippen LogP contribution in [0.1, 0.15) is 12.8 Å². The lowest BCUT2D eigenvalue weighted by atomic mass is 9.99. The molecule has 2 rings (SSSR count). The highest BCUT2D eigenvalue weighted by Crippen LogP contribution is 2.15. The van der Waals surface area contributed by atoms with Gasteiger partial charge in [0.05, 0.1) is 6.54 Å². The topological polar surface area (TPSA) is 65.5 Å². The lowest BCUT2D eigenvalue weighted by molar-refractivity contribution is -0.117. The van der Waals surface area contributed by atoms with Gasteiger partial charge in [0, 0.05) is 23.8 Å². The summed E-state index contributed by atoms with van der Waals surface area (Å²) in [6.45, 7) is 2.26. The van der Waals surface area contributed by atoms with Gasteiger partial charge in [-0.15, -0.1) is 0 Å². The maximum atomic E-state index is 11.9. The highest BCUT2D eigenvalue weighted by Gasteiger charge is 2.20. The molecule has 0 aliphatic carbocycles. The average molecular weight is 328 g/mol. The monoisotopic (exact) mass is 327 g/mol. The number of pyridine rings is 1. The van der Waals surface area contributed by atoms with Crippen LogP contribution in [0.25, 0.3) is 0 Å². The smallest absolute Gasteiger partial charge is 0.239 e. The summed E-state index contributed by atoms with van der Waals surface area (Å²) in [4.78, 5) is 18.1. The van der Waals surface area contributed by atoms with Crippen molar-refractivity contribution < 1.29 is 9.90 Å². The summed E-state index contributed by atoms with van der Waals surface area (Å²) in [6, 6.07) is 3.60. The van der Waals surface area contributed by atoms with Crippen molar-refractivity contribution in [2.75, 3.05) is 31.6 Å². The maximum absolute atomic E-state index is 11.9. The minimum atomic E-state index is -0.0617. The quantitative estimate of drug-likeness (QED) is 0.879. The number of aliphatic hydroxyl groups is 1. The summed E-state index contributed by atoms with van der Waals surface area (Å²) < 4.78 is 0.882. The van der Waals surface area contributed by atoms with Crippen molar-refractivity contribution in [3.05, 3.63) is 22.8 Å². The second-order valence-corrected chi connectivity index (χ2v) is 5.75. The molecule has 1 aromatic heterocycles. The number of rotatable bonds is 4. The van der Waals surface area contributed by atoms with Crippen LogP contribution < -0.4 is 5.32 Å². The molecule has 0 bridgehead atoms. The molecule has 0 radical (unpaired) electrons. The number of likely N-dealkylation sites (tertiary alicyclic amines) is 1. The van der Waals surface area contributed by atoms with Crippen LogP contribution in [0, 0.1) is 5.92 Å². The van der Waals surface area contributed by atoms with E-state index in [0.717, 1.165) is 30.4 Å². The molecule has 2 N–H and O–H groups in total. The van der Waals surface area contributed by atoms with Gasteiger partial charge in [0.2, 0.25) is 5.91 Å². The van der Waals surface area contributed by atoms with Crippen molar-refractivity contribution in [3.63, 3.8) is 0 Å². The minimum Gasteiger partial charge on any atom is -0.396 e. The molecule has 2 heterocycles. The van der Waals surface area contributed by atoms with Gasteiger partial charge in [0.25, 0.3) is 0 Å². The van der Waals surface area contributed by atoms with Crippen molar-refractivity contribution in [1.29, 1.82) is 0 Å². The Balaban J connectivity index is 1.82. The van der Waals surface area contributed by atoms with E-state index in [1.54, 1.807) is 12.3 Å². The Hall–Kier alpha value is -0.980. The Morgan fingerprint density at radius 1 is 1.58 bits per heavy atom. The van der Waals surface area contributed by atoms with E-state index in [2.05, 4.69) is 31.1 Å². The van der Waals surface area contributed by atoms with Crippen LogP contribution in [0.2, 0.25) is 0 Å². The zero-order chi connectivity index (χ0) is 13.7. The molecule has 0 saturated carbocycles. The Kier molecular flexibility index (Phi) is 5.30. The SMILES string of the molecule is O=C(CN1CCCC(CO)C1)Nc1ccc(Br)cn1. The minimum absolute atomic E-state index is 0.0617. The average Bonchev–Trinajstić information content (AvgIpc) is 2.41. The Morgan fingerprint density at radius 2 is 2.42 bits per heavy atom. The molecule has 1 amide bonds. The van der Waals surface area contributed by atoms with Crippen molar-refractivity contribution >= 4 is 27.7 Å². The summed E-state index contributed by atoms with van der Waals surface area (Å²) in [7, 11) is 0. The van der Waals surface area contributed by atoms with Gasteiger partial charge in [-0.1, -0.05) is 0 Å². The second-order valence-electron chi connectivity index (χ2n) is 4.84. The molecule has 1 aromatic rings. The molecule has 1 aliphatic rings. The first-order chi connectivity index (χ1) is 9.17. The number of anilines is 1. The van der Waals surface area contributed by atoms with Crippen molar-refractivity contribution in [2.24, 2.45) is 5.92 Å². The molecular formula is C13H18BrN3O2. The molecule has 1 aliphatic heterocycles. The predicted octanol–water partition coefficient (Wildman–Crippen LogP) is 1.49. The highest BCUT2D eigenvalue weighted by atomic mass is 79.9. The van der Waals surface area contributed by atoms with E-state index in [1.807, 2.05) is 6.07 Å². The summed E-state index contributed by atoms with van der Waals surface area (Å²) in [5.41, 5.74) is 0. The zero-order valence-corrected chi connectivity index (χ0v) is 12.3. The number of nitrogens with one attached hydrogen (secondary N) is 1. The van der Waals surface area contributed by atoms with Gasteiger partial charge in [0.15, 0.2) is 0 Å². The standard InChI is InChI=1S/C13H18BrN3O2/c14-11-3-4-12(15-6-11)16-13(19)8-17-5-1-2-10(7-17)9-18/h3-4,6,10,18H,1-2,5,7-9H2,(H,15,16,19). The second kappa shape index (κ2) is 6.98. The van der Waals surface area contributed by atoms with Crippen LogP contribution >= 0.6 is 15.9 Å². The molecule has 19 heavy (non-hydrogen) atoms. The molecular weight excluding hydrogens is 310 g/mol. The zero-order valence-electron chi connectivity index (χ0n) is 10.7. The van der Waals surface area contributed by atoms with Gasteiger partial charge >= 0.3 is 0 Å². The van der Waals surface area contributed by atoms with Gasteiger partial charge in [0.1, 0.15) is 5.82 Å². The first-order valence-corrected chi connectivity index (χ1v) is 7.21. The van der Waals surface area contributed by atoms with Crippen LogP contribution in [0.3, 0.4) is 0 Å². The molecule has 1 saturated heterocycles. The molecule has 1 fully saturated rings. The lowest BCUT2D eigenvalue weighted by Crippen LogP contribution is -2.41. The van der Waals surface area contributed by atoms with E-state index in [4.69, 9.17) is 5.11 Å². The van der Waals surface area contributed by atoms with E-state index >= 15 is 0 Å². The number of aliphatic hydroxyl groups excluding tert-OH is 1. The van der Waals surface area contributed by atoms with Crippen LogP contribution in [-0.4, -0.2) is 47.1 Å². The molecule has 0 aromatic carbocycles. The lowest BCUT2D eigenvalue weighted by Gasteiger charge is -2.31. The Labute approximate surface area is 121 Å². The first-order valence-electron chi connectivity index (χ1n) is 6.42. The summed E-state index contributed by atoms with van der Waals surface area (Å²) in [5.74, 6) is 0.796. The molecule has 5 nitrogen and oxygen atoms in total. The van der Waals surface area contributed by atoms with E-state index in [1.165, 1.54) is 0 Å². The van der Waals surface area contributed by atoms with E-state index in [9.17, 15) is 4.79 Å². The number of hydrogen-bond donors (Lipinski definition) is 2. The molecule has 0 spiro atoms. The van der Waals surface area contributed by atoms with Gasteiger partial charge in [-0.25, -0.2) is 4.98 Å². The van der Waals surface area contributed by atoms with Gasteiger partial charge < -0.3 is 10.4 Å². The molecule has 104 valence electrons. The Bertz CT molecular complexity index is 424. The Morgan fingerprint density at radius 3 is 3.11 bits per heavy atom. The predicted molar refractivity (Wildman–Crippen MR) is 76.8 cm³/mol. The van der Waals surface area contributed by atoms with Gasteiger partial charge in [-0.05, 0) is 53.4 Å². The fourth-order valence-electron chi connectivity index (χ4n) is 2.28. The third-order valence-corrected chi connectivity index (χ3v) is 3.69. The highest BCUT2D eigenvalue weighted by molar-refractivity contribution is 9.10. The summed E-state index contributed by atoms with van der Waals surface area (Å²) >= 11 is 3.30. The van der Waals surface area contributed by atoms with E-state index in [-0.39, 0.29) is 12.5 Å². The van der Waals surface area contributed by atoms with Crippen molar-refractivity contribution in [1.82, 2.24) is 9.88 Å². The van der Waals surface area contributed by atoms with Crippen LogP contribution in [0.4, 0.5) is 5.82 Å². The van der Waals surface area contributed by atoms with Crippen LogP contribution in [0.15, 0.2) is 22.8 Å². The summed E-state index contributed by atoms with van der Waals surface area (Å²) in [5, 5.41) is 11.9. The van der Waals surface area contributed by atoms with E-state index in [0.29, 0.717) is 18.3 Å². The third-order valence-electron chi connectivity index (χ3n) is 3.22. The number of carbonyl (C=O) groups is 1. The van der Waals surface area contributed by atoms with E-state index < -0.39 is 0 Å². The number of halogens is 1. The number of piperidine rings is 1. The van der Waals surface area contributed by atoms with Crippen LogP contribution in [0.5, 0.6) is 0 Å². The van der Waals surface area contributed by atoms with Crippen molar-refractivity contribution in [3.8, 4) is 0 Å². The third kappa shape index (κ3) is 4.56. The number of hydrogen-bond acceptors (Lipinski definition) is 4. The number of amides is 1. The maximum Gasteiger partial charge on any atom is 0.239 e. The largest absolute Gasteiger partial charge is 0.396 e. The molecule has 6 heteroatoms. The van der Waals surface area contributed by atoms with Crippen molar-refractivity contribution in [2.45, 2.75) is 12.8 Å².